The highest BCUT2D eigenvalue weighted by atomic mass is 16.6. The maximum absolute atomic E-state index is 12.1. The van der Waals surface area contributed by atoms with Gasteiger partial charge in [-0.1, -0.05) is 12.1 Å². The number of hydrogen-bond donors (Lipinski definition) is 0. The SMILES string of the molecule is CC(C)(C)OC(=O)n1cccc1-c1cccc([N+](=O)[O-])c1. The van der Waals surface area contributed by atoms with Crippen LogP contribution in [0.1, 0.15) is 20.8 Å². The van der Waals surface area contributed by atoms with E-state index in [1.165, 1.54) is 16.7 Å². The average molecular weight is 288 g/mol. The minimum absolute atomic E-state index is 0.0237. The Morgan fingerprint density at radius 3 is 2.57 bits per heavy atom. The lowest BCUT2D eigenvalue weighted by atomic mass is 10.1. The molecule has 1 aromatic carbocycles. The van der Waals surface area contributed by atoms with Gasteiger partial charge in [-0.3, -0.25) is 14.7 Å². The van der Waals surface area contributed by atoms with Gasteiger partial charge in [0.2, 0.25) is 0 Å². The van der Waals surface area contributed by atoms with E-state index in [9.17, 15) is 14.9 Å². The molecule has 0 atom stereocenters. The van der Waals surface area contributed by atoms with Crippen molar-refractivity contribution < 1.29 is 14.5 Å². The maximum atomic E-state index is 12.1. The molecule has 110 valence electrons. The van der Waals surface area contributed by atoms with E-state index in [0.717, 1.165) is 0 Å². The molecule has 2 rings (SSSR count). The van der Waals surface area contributed by atoms with Gasteiger partial charge in [-0.05, 0) is 32.9 Å². The molecular formula is C15H16N2O4. The van der Waals surface area contributed by atoms with Gasteiger partial charge in [-0.25, -0.2) is 4.79 Å². The van der Waals surface area contributed by atoms with Crippen LogP contribution in [0.3, 0.4) is 0 Å². The zero-order valence-corrected chi connectivity index (χ0v) is 12.1. The smallest absolute Gasteiger partial charge is 0.418 e. The summed E-state index contributed by atoms with van der Waals surface area (Å²) in [4.78, 5) is 22.5. The molecule has 0 saturated carbocycles. The lowest BCUT2D eigenvalue weighted by Crippen LogP contribution is -2.27. The summed E-state index contributed by atoms with van der Waals surface area (Å²) in [5, 5.41) is 10.8. The van der Waals surface area contributed by atoms with Crippen molar-refractivity contribution in [2.45, 2.75) is 26.4 Å². The molecule has 0 radical (unpaired) electrons. The Morgan fingerprint density at radius 1 is 1.24 bits per heavy atom. The van der Waals surface area contributed by atoms with Crippen molar-refractivity contribution in [2.24, 2.45) is 0 Å². The molecule has 0 saturated heterocycles. The van der Waals surface area contributed by atoms with Crippen molar-refractivity contribution in [3.8, 4) is 11.3 Å². The molecule has 6 heteroatoms. The van der Waals surface area contributed by atoms with Gasteiger partial charge in [0.15, 0.2) is 0 Å². The third kappa shape index (κ3) is 3.47. The highest BCUT2D eigenvalue weighted by molar-refractivity contribution is 5.79. The number of non-ortho nitro benzene ring substituents is 1. The van der Waals surface area contributed by atoms with Gasteiger partial charge in [0.05, 0.1) is 10.6 Å². The van der Waals surface area contributed by atoms with Crippen LogP contribution in [-0.4, -0.2) is 21.2 Å². The van der Waals surface area contributed by atoms with Crippen LogP contribution >= 0.6 is 0 Å². The van der Waals surface area contributed by atoms with Crippen LogP contribution in [-0.2, 0) is 4.74 Å². The molecule has 2 aromatic rings. The molecule has 6 nitrogen and oxygen atoms in total. The Morgan fingerprint density at radius 2 is 1.95 bits per heavy atom. The second-order valence-electron chi connectivity index (χ2n) is 5.55. The van der Waals surface area contributed by atoms with Crippen molar-refractivity contribution in [3.05, 3.63) is 52.7 Å². The van der Waals surface area contributed by atoms with Crippen LogP contribution in [0.4, 0.5) is 10.5 Å². The third-order valence-corrected chi connectivity index (χ3v) is 2.69. The van der Waals surface area contributed by atoms with Crippen molar-refractivity contribution in [1.82, 2.24) is 4.57 Å². The molecule has 0 fully saturated rings. The van der Waals surface area contributed by atoms with E-state index in [-0.39, 0.29) is 5.69 Å². The predicted octanol–water partition coefficient (Wildman–Crippen LogP) is 3.85. The molecule has 0 aliphatic rings. The largest absolute Gasteiger partial charge is 0.443 e. The highest BCUT2D eigenvalue weighted by Crippen LogP contribution is 2.25. The van der Waals surface area contributed by atoms with Crippen LogP contribution < -0.4 is 0 Å². The number of benzene rings is 1. The number of ether oxygens (including phenoxy) is 1. The van der Waals surface area contributed by atoms with Gasteiger partial charge >= 0.3 is 6.09 Å². The van der Waals surface area contributed by atoms with Crippen molar-refractivity contribution in [2.75, 3.05) is 0 Å². The Balaban J connectivity index is 2.39. The second-order valence-corrected chi connectivity index (χ2v) is 5.55. The number of carbonyl (C=O) groups excluding carboxylic acids is 1. The molecule has 0 amide bonds. The molecule has 0 bridgehead atoms. The summed E-state index contributed by atoms with van der Waals surface area (Å²) in [5.41, 5.74) is 0.499. The molecule has 0 aliphatic heterocycles. The number of rotatable bonds is 2. The van der Waals surface area contributed by atoms with E-state index in [0.29, 0.717) is 11.3 Å². The minimum Gasteiger partial charge on any atom is -0.443 e. The van der Waals surface area contributed by atoms with Crippen LogP contribution in [0, 0.1) is 10.1 Å². The van der Waals surface area contributed by atoms with E-state index < -0.39 is 16.6 Å². The van der Waals surface area contributed by atoms with Crippen LogP contribution in [0.15, 0.2) is 42.6 Å². The number of nitrogens with zero attached hydrogens (tertiary/aromatic N) is 2. The Kier molecular flexibility index (Phi) is 3.80. The first-order chi connectivity index (χ1) is 9.78. The van der Waals surface area contributed by atoms with E-state index in [1.54, 1.807) is 51.2 Å². The van der Waals surface area contributed by atoms with Crippen LogP contribution in [0.5, 0.6) is 0 Å². The second kappa shape index (κ2) is 5.40. The van der Waals surface area contributed by atoms with Gasteiger partial charge in [0.1, 0.15) is 5.60 Å². The molecule has 21 heavy (non-hydrogen) atoms. The van der Waals surface area contributed by atoms with E-state index >= 15 is 0 Å². The van der Waals surface area contributed by atoms with Gasteiger partial charge in [-0.2, -0.15) is 0 Å². The Labute approximate surface area is 122 Å². The van der Waals surface area contributed by atoms with Crippen LogP contribution in [0.2, 0.25) is 0 Å². The van der Waals surface area contributed by atoms with E-state index in [1.807, 2.05) is 0 Å². The zero-order chi connectivity index (χ0) is 15.6. The van der Waals surface area contributed by atoms with E-state index in [4.69, 9.17) is 4.74 Å². The molecule has 0 aliphatic carbocycles. The summed E-state index contributed by atoms with van der Waals surface area (Å²) in [6, 6.07) is 9.53. The number of aromatic nitrogens is 1. The van der Waals surface area contributed by atoms with E-state index in [2.05, 4.69) is 0 Å². The number of hydrogen-bond acceptors (Lipinski definition) is 4. The summed E-state index contributed by atoms with van der Waals surface area (Å²) in [6.45, 7) is 5.34. The molecular weight excluding hydrogens is 272 g/mol. The first kappa shape index (κ1) is 14.8. The first-order valence-corrected chi connectivity index (χ1v) is 6.43. The fourth-order valence-corrected chi connectivity index (χ4v) is 1.87. The van der Waals surface area contributed by atoms with Gasteiger partial charge in [0.25, 0.3) is 5.69 Å². The minimum atomic E-state index is -0.610. The highest BCUT2D eigenvalue weighted by Gasteiger charge is 2.20. The average Bonchev–Trinajstić information content (AvgIpc) is 2.86. The van der Waals surface area contributed by atoms with Gasteiger partial charge < -0.3 is 4.74 Å². The third-order valence-electron chi connectivity index (χ3n) is 2.69. The number of carbonyl (C=O) groups is 1. The molecule has 0 unspecified atom stereocenters. The quantitative estimate of drug-likeness (QED) is 0.621. The normalized spacial score (nSPS) is 11.2. The number of nitro groups is 1. The molecule has 0 N–H and O–H groups in total. The predicted molar refractivity (Wildman–Crippen MR) is 78.2 cm³/mol. The first-order valence-electron chi connectivity index (χ1n) is 6.43. The molecule has 1 aromatic heterocycles. The Bertz CT molecular complexity index is 683. The monoisotopic (exact) mass is 288 g/mol. The summed E-state index contributed by atoms with van der Waals surface area (Å²) >= 11 is 0. The van der Waals surface area contributed by atoms with Crippen molar-refractivity contribution in [3.63, 3.8) is 0 Å². The van der Waals surface area contributed by atoms with Crippen LogP contribution in [0.25, 0.3) is 11.3 Å². The van der Waals surface area contributed by atoms with Crippen molar-refractivity contribution >= 4 is 11.8 Å². The summed E-state index contributed by atoms with van der Waals surface area (Å²) in [6.07, 6.45) is 1.05. The number of nitro benzene ring substituents is 1. The lowest BCUT2D eigenvalue weighted by Gasteiger charge is -2.20. The summed E-state index contributed by atoms with van der Waals surface area (Å²) in [5.74, 6) is 0. The zero-order valence-electron chi connectivity index (χ0n) is 12.1. The van der Waals surface area contributed by atoms with Gasteiger partial charge in [0, 0.05) is 23.9 Å². The molecule has 1 heterocycles. The van der Waals surface area contributed by atoms with Crippen molar-refractivity contribution in [1.29, 1.82) is 0 Å². The summed E-state index contributed by atoms with van der Waals surface area (Å²) < 4.78 is 6.65. The summed E-state index contributed by atoms with van der Waals surface area (Å²) in [7, 11) is 0. The molecule has 0 spiro atoms. The fourth-order valence-electron chi connectivity index (χ4n) is 1.87. The standard InChI is InChI=1S/C15H16N2O4/c1-15(2,3)21-14(18)16-9-5-8-13(16)11-6-4-7-12(10-11)17(19)20/h4-10H,1-3H3. The maximum Gasteiger partial charge on any atom is 0.418 e. The fraction of sp³-hybridized carbons (Fsp3) is 0.267. The topological polar surface area (TPSA) is 74.4 Å². The Hall–Kier alpha value is -2.63. The lowest BCUT2D eigenvalue weighted by molar-refractivity contribution is -0.384. The van der Waals surface area contributed by atoms with Gasteiger partial charge in [-0.15, -0.1) is 0 Å².